The lowest BCUT2D eigenvalue weighted by Gasteiger charge is -2.07. The van der Waals surface area contributed by atoms with E-state index in [9.17, 15) is 4.79 Å². The van der Waals surface area contributed by atoms with Crippen LogP contribution in [0, 0.1) is 0 Å². The lowest BCUT2D eigenvalue weighted by molar-refractivity contribution is 0.0952. The minimum Gasteiger partial charge on any atom is -0.496 e. The SMILES string of the molecule is COc1ccc(Br)cc1C(=O)NN=Cc1cc2c(cc1Cl)OCO2. The van der Waals surface area contributed by atoms with Crippen LogP contribution in [-0.2, 0) is 0 Å². The van der Waals surface area contributed by atoms with Crippen LogP contribution in [0.4, 0.5) is 0 Å². The van der Waals surface area contributed by atoms with E-state index in [1.807, 2.05) is 0 Å². The quantitative estimate of drug-likeness (QED) is 0.616. The van der Waals surface area contributed by atoms with Crippen molar-refractivity contribution in [2.45, 2.75) is 0 Å². The minimum atomic E-state index is -0.402. The first-order valence-electron chi connectivity index (χ1n) is 6.84. The maximum Gasteiger partial charge on any atom is 0.275 e. The van der Waals surface area contributed by atoms with Crippen molar-refractivity contribution >= 4 is 39.7 Å². The zero-order valence-electron chi connectivity index (χ0n) is 12.5. The molecule has 2 aromatic carbocycles. The van der Waals surface area contributed by atoms with Crippen molar-refractivity contribution in [3.05, 3.63) is 51.0 Å². The number of hydrazone groups is 1. The average molecular weight is 412 g/mol. The summed E-state index contributed by atoms with van der Waals surface area (Å²) in [6.07, 6.45) is 1.44. The molecule has 8 heteroatoms. The first-order valence-corrected chi connectivity index (χ1v) is 8.01. The summed E-state index contributed by atoms with van der Waals surface area (Å²) in [7, 11) is 1.50. The van der Waals surface area contributed by atoms with Gasteiger partial charge in [0.1, 0.15) is 5.75 Å². The molecule has 3 rings (SSSR count). The molecule has 0 spiro atoms. The number of benzene rings is 2. The van der Waals surface area contributed by atoms with E-state index in [-0.39, 0.29) is 6.79 Å². The number of hydrogen-bond acceptors (Lipinski definition) is 5. The summed E-state index contributed by atoms with van der Waals surface area (Å²) in [6, 6.07) is 8.46. The molecule has 2 aromatic rings. The highest BCUT2D eigenvalue weighted by atomic mass is 79.9. The van der Waals surface area contributed by atoms with E-state index in [0.717, 1.165) is 4.47 Å². The Kier molecular flexibility index (Phi) is 4.92. The van der Waals surface area contributed by atoms with E-state index in [1.165, 1.54) is 13.3 Å². The lowest BCUT2D eigenvalue weighted by atomic mass is 10.2. The highest BCUT2D eigenvalue weighted by molar-refractivity contribution is 9.10. The third-order valence-electron chi connectivity index (χ3n) is 3.27. The van der Waals surface area contributed by atoms with Gasteiger partial charge in [-0.25, -0.2) is 5.43 Å². The Morgan fingerprint density at radius 2 is 2.08 bits per heavy atom. The van der Waals surface area contributed by atoms with Crippen molar-refractivity contribution in [3.63, 3.8) is 0 Å². The number of amides is 1. The summed E-state index contributed by atoms with van der Waals surface area (Å²) >= 11 is 9.46. The molecule has 0 aliphatic carbocycles. The molecular formula is C16H12BrClN2O4. The highest BCUT2D eigenvalue weighted by Gasteiger charge is 2.16. The molecule has 0 radical (unpaired) electrons. The van der Waals surface area contributed by atoms with Gasteiger partial charge >= 0.3 is 0 Å². The molecule has 0 fully saturated rings. The summed E-state index contributed by atoms with van der Waals surface area (Å²) in [4.78, 5) is 12.2. The second-order valence-corrected chi connectivity index (χ2v) is 6.09. The van der Waals surface area contributed by atoms with Gasteiger partial charge in [-0.05, 0) is 24.3 Å². The Morgan fingerprint density at radius 1 is 1.33 bits per heavy atom. The minimum absolute atomic E-state index is 0.158. The van der Waals surface area contributed by atoms with E-state index in [4.69, 9.17) is 25.8 Å². The fourth-order valence-corrected chi connectivity index (χ4v) is 2.67. The predicted molar refractivity (Wildman–Crippen MR) is 93.3 cm³/mol. The van der Waals surface area contributed by atoms with Crippen molar-refractivity contribution in [2.24, 2.45) is 5.10 Å². The van der Waals surface area contributed by atoms with Gasteiger partial charge in [0.2, 0.25) is 6.79 Å². The third-order valence-corrected chi connectivity index (χ3v) is 4.09. The molecule has 0 atom stereocenters. The van der Waals surface area contributed by atoms with Crippen molar-refractivity contribution < 1.29 is 19.0 Å². The predicted octanol–water partition coefficient (Wildman–Crippen LogP) is 3.60. The van der Waals surface area contributed by atoms with Gasteiger partial charge in [0.15, 0.2) is 11.5 Å². The Balaban J connectivity index is 1.75. The molecule has 0 saturated heterocycles. The number of carbonyl (C=O) groups is 1. The van der Waals surface area contributed by atoms with Crippen LogP contribution >= 0.6 is 27.5 Å². The number of ether oxygens (including phenoxy) is 3. The summed E-state index contributed by atoms with van der Waals surface area (Å²) in [6.45, 7) is 0.158. The van der Waals surface area contributed by atoms with Crippen LogP contribution in [0.15, 0.2) is 39.9 Å². The second kappa shape index (κ2) is 7.11. The Labute approximate surface area is 151 Å². The highest BCUT2D eigenvalue weighted by Crippen LogP contribution is 2.36. The number of methoxy groups -OCH3 is 1. The van der Waals surface area contributed by atoms with Crippen LogP contribution in [0.3, 0.4) is 0 Å². The number of nitrogens with zero attached hydrogens (tertiary/aromatic N) is 1. The van der Waals surface area contributed by atoms with E-state index in [2.05, 4.69) is 26.5 Å². The van der Waals surface area contributed by atoms with Gasteiger partial charge < -0.3 is 14.2 Å². The normalized spacial score (nSPS) is 12.5. The number of halogens is 2. The fourth-order valence-electron chi connectivity index (χ4n) is 2.11. The first-order chi connectivity index (χ1) is 11.6. The maximum atomic E-state index is 12.2. The van der Waals surface area contributed by atoms with Crippen molar-refractivity contribution in [2.75, 3.05) is 13.9 Å². The summed E-state index contributed by atoms with van der Waals surface area (Å²) in [5.41, 5.74) is 3.40. The smallest absolute Gasteiger partial charge is 0.275 e. The maximum absolute atomic E-state index is 12.2. The molecule has 0 aromatic heterocycles. The number of nitrogens with one attached hydrogen (secondary N) is 1. The summed E-state index contributed by atoms with van der Waals surface area (Å²) in [5.74, 6) is 1.22. The van der Waals surface area contributed by atoms with Crippen molar-refractivity contribution in [1.82, 2.24) is 5.43 Å². The number of fused-ring (bicyclic) bond motifs is 1. The summed E-state index contributed by atoms with van der Waals surface area (Å²) < 4.78 is 16.4. The van der Waals surface area contributed by atoms with Gasteiger partial charge in [-0.15, -0.1) is 0 Å². The van der Waals surface area contributed by atoms with Gasteiger partial charge in [-0.3, -0.25) is 4.79 Å². The first kappa shape index (κ1) is 16.6. The molecule has 0 bridgehead atoms. The zero-order chi connectivity index (χ0) is 17.1. The van der Waals surface area contributed by atoms with E-state index in [0.29, 0.717) is 33.4 Å². The Morgan fingerprint density at radius 3 is 2.83 bits per heavy atom. The molecule has 0 unspecified atom stereocenters. The molecule has 1 aliphatic rings. The molecule has 0 saturated carbocycles. The molecule has 124 valence electrons. The van der Waals surface area contributed by atoms with Crippen molar-refractivity contribution in [3.8, 4) is 17.2 Å². The fraction of sp³-hybridized carbons (Fsp3) is 0.125. The van der Waals surface area contributed by atoms with E-state index in [1.54, 1.807) is 30.3 Å². The average Bonchev–Trinajstić information content (AvgIpc) is 3.01. The molecular weight excluding hydrogens is 400 g/mol. The second-order valence-electron chi connectivity index (χ2n) is 4.77. The topological polar surface area (TPSA) is 69.2 Å². The lowest BCUT2D eigenvalue weighted by Crippen LogP contribution is -2.18. The molecule has 1 N–H and O–H groups in total. The number of rotatable bonds is 4. The van der Waals surface area contributed by atoms with Gasteiger partial charge in [0.25, 0.3) is 5.91 Å². The van der Waals surface area contributed by atoms with E-state index < -0.39 is 5.91 Å². The third kappa shape index (κ3) is 3.47. The van der Waals surface area contributed by atoms with Crippen LogP contribution in [0.2, 0.25) is 5.02 Å². The molecule has 1 amide bonds. The van der Waals surface area contributed by atoms with Crippen LogP contribution in [0.1, 0.15) is 15.9 Å². The molecule has 1 heterocycles. The Bertz CT molecular complexity index is 826. The van der Waals surface area contributed by atoms with Gasteiger partial charge in [0, 0.05) is 16.1 Å². The van der Waals surface area contributed by atoms with Crippen LogP contribution < -0.4 is 19.6 Å². The summed E-state index contributed by atoms with van der Waals surface area (Å²) in [5, 5.41) is 4.38. The largest absolute Gasteiger partial charge is 0.496 e. The van der Waals surface area contributed by atoms with Gasteiger partial charge in [-0.2, -0.15) is 5.10 Å². The molecule has 24 heavy (non-hydrogen) atoms. The van der Waals surface area contributed by atoms with Crippen LogP contribution in [0.5, 0.6) is 17.2 Å². The molecule has 6 nitrogen and oxygen atoms in total. The number of carbonyl (C=O) groups excluding carboxylic acids is 1. The van der Waals surface area contributed by atoms with E-state index >= 15 is 0 Å². The van der Waals surface area contributed by atoms with Crippen LogP contribution in [-0.4, -0.2) is 26.0 Å². The van der Waals surface area contributed by atoms with Gasteiger partial charge in [-0.1, -0.05) is 27.5 Å². The zero-order valence-corrected chi connectivity index (χ0v) is 14.8. The van der Waals surface area contributed by atoms with Crippen LogP contribution in [0.25, 0.3) is 0 Å². The molecule has 1 aliphatic heterocycles. The Hall–Kier alpha value is -2.25. The standard InChI is InChI=1S/C16H12BrClN2O4/c1-22-13-3-2-10(17)5-11(13)16(21)20-19-7-9-4-14-15(6-12(9)18)24-8-23-14/h2-7H,8H2,1H3,(H,20,21). The van der Waals surface area contributed by atoms with Gasteiger partial charge in [0.05, 0.1) is 23.9 Å². The monoisotopic (exact) mass is 410 g/mol. The number of hydrogen-bond donors (Lipinski definition) is 1. The van der Waals surface area contributed by atoms with Crippen molar-refractivity contribution in [1.29, 1.82) is 0 Å².